The quantitative estimate of drug-likeness (QED) is 0.274. The monoisotopic (exact) mass is 591 g/mol. The van der Waals surface area contributed by atoms with Crippen molar-refractivity contribution in [2.45, 2.75) is 63.6 Å². The summed E-state index contributed by atoms with van der Waals surface area (Å²) in [5.74, 6) is 2.30. The van der Waals surface area contributed by atoms with Gasteiger partial charge in [0.05, 0.1) is 23.6 Å². The Kier molecular flexibility index (Phi) is 12.8. The predicted molar refractivity (Wildman–Crippen MR) is 163 cm³/mol. The fourth-order valence-electron chi connectivity index (χ4n) is 5.08. The van der Waals surface area contributed by atoms with Crippen molar-refractivity contribution in [1.29, 1.82) is 0 Å². The zero-order chi connectivity index (χ0) is 26.7. The summed E-state index contributed by atoms with van der Waals surface area (Å²) in [5, 5.41) is 15.7. The predicted octanol–water partition coefficient (Wildman–Crippen LogP) is 5.62. The maximum atomic E-state index is 13.2. The van der Waals surface area contributed by atoms with Crippen LogP contribution in [0.25, 0.3) is 0 Å². The summed E-state index contributed by atoms with van der Waals surface area (Å²) >= 11 is 7.37. The van der Waals surface area contributed by atoms with E-state index in [9.17, 15) is 14.7 Å². The molecule has 1 aliphatic carbocycles. The maximum Gasteiger partial charge on any atom is 0.317 e. The number of nitrogens with one attached hydrogen (secondary N) is 2. The molecule has 1 aliphatic heterocycles. The van der Waals surface area contributed by atoms with Crippen molar-refractivity contribution in [3.05, 3.63) is 60.2 Å². The minimum absolute atomic E-state index is 0. The van der Waals surface area contributed by atoms with Crippen molar-refractivity contribution in [2.75, 3.05) is 18.2 Å². The summed E-state index contributed by atoms with van der Waals surface area (Å²) in [7, 11) is 0. The fourth-order valence-corrected chi connectivity index (χ4v) is 6.52. The summed E-state index contributed by atoms with van der Waals surface area (Å²) in [6, 6.07) is 16.8. The molecule has 0 spiro atoms. The lowest BCUT2D eigenvalue weighted by molar-refractivity contribution is -0.139. The summed E-state index contributed by atoms with van der Waals surface area (Å²) in [6.45, 7) is 0.412. The van der Waals surface area contributed by atoms with E-state index < -0.39 is 12.0 Å². The van der Waals surface area contributed by atoms with E-state index in [0.29, 0.717) is 29.1 Å². The Morgan fingerprint density at radius 1 is 1.05 bits per heavy atom. The summed E-state index contributed by atoms with van der Waals surface area (Å²) < 4.78 is 5.88. The van der Waals surface area contributed by atoms with Crippen molar-refractivity contribution >= 4 is 53.3 Å². The van der Waals surface area contributed by atoms with E-state index in [1.807, 2.05) is 54.6 Å². The van der Waals surface area contributed by atoms with Gasteiger partial charge in [-0.25, -0.2) is 0 Å². The van der Waals surface area contributed by atoms with E-state index >= 15 is 0 Å². The molecule has 0 radical (unpaired) electrons. The maximum absolute atomic E-state index is 13.2. The number of carboxylic acid groups (broad SMARTS) is 1. The number of thiocarbonyl (C=S) groups is 1. The van der Waals surface area contributed by atoms with Crippen LogP contribution in [0.1, 0.15) is 50.5 Å². The third-order valence-electron chi connectivity index (χ3n) is 7.20. The van der Waals surface area contributed by atoms with Crippen LogP contribution in [0, 0.1) is 5.92 Å². The number of hydrogen-bond acceptors (Lipinski definition) is 6. The summed E-state index contributed by atoms with van der Waals surface area (Å²) in [5.41, 5.74) is 1.06. The number of carbonyl (C=O) groups is 2. The number of carboxylic acids is 1. The Balaban J connectivity index is 0.00000420. The van der Waals surface area contributed by atoms with Gasteiger partial charge in [0, 0.05) is 18.2 Å². The largest absolute Gasteiger partial charge is 0.480 e. The first-order valence-corrected chi connectivity index (χ1v) is 15.0. The van der Waals surface area contributed by atoms with Crippen LogP contribution in [0.4, 0.5) is 0 Å². The standard InChI is InChI=1S/C29H37N3O4S2.ClH/c33-27(34)18-32-20-38-19-26(32)28(35)31-25(16-13-21-7-3-1-4-8-21)29(37)30-17-22-11-14-24(15-12-22)36-23-9-5-2-6-10-23;/h2,5-6,9-12,14-15,21,25-26H,1,3-4,7-8,13,16-20H2,(H,30,37)(H,31,35)(H,33,34);1H/t25-,26+;/m1./s1. The number of benzene rings is 2. The number of carbonyl (C=O) groups excluding carboxylic acids is 1. The van der Waals surface area contributed by atoms with Gasteiger partial charge in [-0.05, 0) is 48.6 Å². The molecular weight excluding hydrogens is 554 g/mol. The van der Waals surface area contributed by atoms with Crippen LogP contribution in [0.15, 0.2) is 54.6 Å². The van der Waals surface area contributed by atoms with Crippen molar-refractivity contribution in [1.82, 2.24) is 15.5 Å². The lowest BCUT2D eigenvalue weighted by atomic mass is 9.85. The Hall–Kier alpha value is -2.33. The molecule has 2 aromatic rings. The summed E-state index contributed by atoms with van der Waals surface area (Å²) in [6.07, 6.45) is 8.15. The number of nitrogens with zero attached hydrogens (tertiary/aromatic N) is 1. The lowest BCUT2D eigenvalue weighted by Gasteiger charge is -2.28. The van der Waals surface area contributed by atoms with Crippen molar-refractivity contribution in [3.8, 4) is 11.5 Å². The molecule has 2 atom stereocenters. The number of rotatable bonds is 12. The van der Waals surface area contributed by atoms with Crippen molar-refractivity contribution in [2.24, 2.45) is 5.92 Å². The van der Waals surface area contributed by atoms with Gasteiger partial charge in [-0.15, -0.1) is 24.2 Å². The molecule has 3 N–H and O–H groups in total. The second-order valence-electron chi connectivity index (χ2n) is 10.1. The van der Waals surface area contributed by atoms with E-state index in [4.69, 9.17) is 17.0 Å². The molecule has 39 heavy (non-hydrogen) atoms. The number of aliphatic carboxylic acids is 1. The van der Waals surface area contributed by atoms with Gasteiger partial charge < -0.3 is 20.5 Å². The number of para-hydroxylation sites is 1. The van der Waals surface area contributed by atoms with Crippen LogP contribution in [-0.2, 0) is 16.1 Å². The average molecular weight is 592 g/mol. The number of halogens is 1. The van der Waals surface area contributed by atoms with E-state index in [1.165, 1.54) is 32.1 Å². The highest BCUT2D eigenvalue weighted by molar-refractivity contribution is 7.99. The van der Waals surface area contributed by atoms with E-state index in [2.05, 4.69) is 10.6 Å². The van der Waals surface area contributed by atoms with Crippen molar-refractivity contribution < 1.29 is 19.4 Å². The van der Waals surface area contributed by atoms with Crippen LogP contribution in [0.5, 0.6) is 11.5 Å². The first kappa shape index (κ1) is 31.2. The molecule has 0 bridgehead atoms. The molecule has 0 unspecified atom stereocenters. The smallest absolute Gasteiger partial charge is 0.317 e. The highest BCUT2D eigenvalue weighted by Crippen LogP contribution is 2.28. The lowest BCUT2D eigenvalue weighted by Crippen LogP contribution is -2.53. The van der Waals surface area contributed by atoms with Gasteiger partial charge in [0.15, 0.2) is 0 Å². The second-order valence-corrected chi connectivity index (χ2v) is 11.5. The summed E-state index contributed by atoms with van der Waals surface area (Å²) in [4.78, 5) is 26.8. The van der Waals surface area contributed by atoms with Gasteiger partial charge in [0.25, 0.3) is 0 Å². The van der Waals surface area contributed by atoms with Gasteiger partial charge in [-0.1, -0.05) is 74.7 Å². The van der Waals surface area contributed by atoms with E-state index in [1.54, 1.807) is 16.7 Å². The highest BCUT2D eigenvalue weighted by Gasteiger charge is 2.34. The molecule has 0 aromatic heterocycles. The molecule has 2 aliphatic rings. The third-order valence-corrected chi connectivity index (χ3v) is 8.70. The Bertz CT molecular complexity index is 1070. The second kappa shape index (κ2) is 16.1. The first-order chi connectivity index (χ1) is 18.5. The minimum atomic E-state index is -0.920. The van der Waals surface area contributed by atoms with Crippen LogP contribution in [0.3, 0.4) is 0 Å². The van der Waals surface area contributed by atoms with Gasteiger partial charge in [-0.3, -0.25) is 14.5 Å². The van der Waals surface area contributed by atoms with Gasteiger partial charge in [0.1, 0.15) is 11.5 Å². The molecule has 10 heteroatoms. The molecule has 7 nitrogen and oxygen atoms in total. The van der Waals surface area contributed by atoms with Gasteiger partial charge >= 0.3 is 5.97 Å². The molecule has 1 saturated heterocycles. The Labute approximate surface area is 246 Å². The van der Waals surface area contributed by atoms with Crippen LogP contribution < -0.4 is 15.4 Å². The average Bonchev–Trinajstić information content (AvgIpc) is 3.39. The topological polar surface area (TPSA) is 90.9 Å². The molecule has 212 valence electrons. The molecule has 2 aromatic carbocycles. The van der Waals surface area contributed by atoms with Gasteiger partial charge in [-0.2, -0.15) is 0 Å². The zero-order valence-electron chi connectivity index (χ0n) is 22.1. The molecule has 4 rings (SSSR count). The Morgan fingerprint density at radius 3 is 2.44 bits per heavy atom. The van der Waals surface area contributed by atoms with E-state index in [-0.39, 0.29) is 30.9 Å². The molecule has 1 amide bonds. The van der Waals surface area contributed by atoms with Crippen LogP contribution in [0.2, 0.25) is 0 Å². The Morgan fingerprint density at radius 2 is 1.74 bits per heavy atom. The molecule has 1 saturated carbocycles. The van der Waals surface area contributed by atoms with Crippen LogP contribution >= 0.6 is 36.4 Å². The molecule has 2 fully saturated rings. The molecular formula is C29H38ClN3O4S2. The highest BCUT2D eigenvalue weighted by atomic mass is 35.5. The first-order valence-electron chi connectivity index (χ1n) is 13.4. The van der Waals surface area contributed by atoms with Gasteiger partial charge in [0.2, 0.25) is 5.91 Å². The van der Waals surface area contributed by atoms with Crippen molar-refractivity contribution in [3.63, 3.8) is 0 Å². The zero-order valence-corrected chi connectivity index (χ0v) is 24.5. The number of thioether (sulfide) groups is 1. The number of ether oxygens (including phenoxy) is 1. The minimum Gasteiger partial charge on any atom is -0.480 e. The van der Waals surface area contributed by atoms with Crippen LogP contribution in [-0.4, -0.2) is 57.1 Å². The number of amides is 1. The third kappa shape index (κ3) is 9.98. The SMILES string of the molecule is Cl.O=C(O)CN1CSC[C@H]1C(=O)N[C@H](CCC1CCCCC1)C(=S)NCc1ccc(Oc2ccccc2)cc1. The number of hydrogen-bond donors (Lipinski definition) is 3. The van der Waals surface area contributed by atoms with E-state index in [0.717, 1.165) is 29.9 Å². The normalized spacial score (nSPS) is 18.5. The molecule has 1 heterocycles. The fraction of sp³-hybridized carbons (Fsp3) is 0.483.